The minimum atomic E-state index is -0.660. The number of allylic oxidation sites excluding steroid dienone is 2. The molecule has 0 radical (unpaired) electrons. The molecule has 0 aliphatic heterocycles. The van der Waals surface area contributed by atoms with Gasteiger partial charge in [-0.2, -0.15) is 4.99 Å². The van der Waals surface area contributed by atoms with Crippen LogP contribution in [0.1, 0.15) is 27.7 Å². The van der Waals surface area contributed by atoms with Crippen molar-refractivity contribution in [3.63, 3.8) is 0 Å². The highest BCUT2D eigenvalue weighted by Gasteiger charge is 1.99. The lowest BCUT2D eigenvalue weighted by molar-refractivity contribution is 0.187. The van der Waals surface area contributed by atoms with Gasteiger partial charge in [0.25, 0.3) is 0 Å². The highest BCUT2D eigenvalue weighted by Crippen LogP contribution is 2.04. The molecule has 3 nitrogen and oxygen atoms in total. The summed E-state index contributed by atoms with van der Waals surface area (Å²) in [6, 6.07) is 0. The smallest absolute Gasteiger partial charge is 0.432 e. The van der Waals surface area contributed by atoms with Crippen molar-refractivity contribution < 1.29 is 9.53 Å². The molecule has 3 heteroatoms. The van der Waals surface area contributed by atoms with Gasteiger partial charge in [-0.05, 0) is 20.8 Å². The predicted octanol–water partition coefficient (Wildman–Crippen LogP) is 2.49. The average molecular weight is 178 g/mol. The molecule has 1 amide bonds. The van der Waals surface area contributed by atoms with E-state index in [0.29, 0.717) is 17.0 Å². The van der Waals surface area contributed by atoms with Crippen LogP contribution < -0.4 is 0 Å². The van der Waals surface area contributed by atoms with Crippen molar-refractivity contribution in [1.82, 2.24) is 0 Å². The minimum absolute atomic E-state index is 0.352. The van der Waals surface area contributed by atoms with Gasteiger partial charge >= 0.3 is 6.09 Å². The van der Waals surface area contributed by atoms with Gasteiger partial charge in [0.2, 0.25) is 0 Å². The molecule has 0 aliphatic rings. The Balaban J connectivity index is 4.42. The Labute approximate surface area is 78.5 Å². The zero-order valence-electron chi connectivity index (χ0n) is 8.26. The van der Waals surface area contributed by atoms with E-state index < -0.39 is 6.09 Å². The lowest BCUT2D eigenvalue weighted by Gasteiger charge is -2.07. The lowest BCUT2D eigenvalue weighted by atomic mass is 10.3. The normalized spacial score (nSPS) is 11.0. The molecule has 0 rings (SSSR count). The van der Waals surface area contributed by atoms with E-state index in [2.05, 4.69) is 10.9 Å². The summed E-state index contributed by atoms with van der Waals surface area (Å²) < 4.78 is 4.78. The molecule has 0 atom stereocenters. The van der Waals surface area contributed by atoms with E-state index in [-0.39, 0.29) is 0 Å². The zero-order chi connectivity index (χ0) is 10.4. The fourth-order valence-corrected chi connectivity index (χ4v) is 0.501. The van der Waals surface area contributed by atoms with Crippen LogP contribution in [-0.4, -0.2) is 11.8 Å². The Morgan fingerprint density at radius 3 is 2.23 bits per heavy atom. The maximum atomic E-state index is 11.0. The van der Waals surface area contributed by atoms with E-state index in [9.17, 15) is 4.79 Å². The number of ether oxygens (including phenoxy) is 1. The van der Waals surface area contributed by atoms with Crippen LogP contribution in [0.15, 0.2) is 16.3 Å². The van der Waals surface area contributed by atoms with Crippen molar-refractivity contribution in [2.75, 3.05) is 0 Å². The van der Waals surface area contributed by atoms with Crippen LogP contribution in [0.25, 0.3) is 0 Å². The first-order chi connectivity index (χ1) is 5.97. The van der Waals surface area contributed by atoms with Crippen molar-refractivity contribution in [3.05, 3.63) is 17.8 Å². The molecule has 13 heavy (non-hydrogen) atoms. The topological polar surface area (TPSA) is 38.7 Å². The molecule has 0 spiro atoms. The average Bonchev–Trinajstić information content (AvgIpc) is 2.01. The van der Waals surface area contributed by atoms with Crippen molar-refractivity contribution in [3.8, 4) is 5.92 Å². The second-order valence-electron chi connectivity index (χ2n) is 2.73. The molecule has 0 bridgehead atoms. The quantitative estimate of drug-likeness (QED) is 0.268. The molecule has 0 aromatic rings. The van der Waals surface area contributed by atoms with Gasteiger partial charge in [-0.3, -0.25) is 5.92 Å². The summed E-state index contributed by atoms with van der Waals surface area (Å²) in [5, 5.41) is 0. The van der Waals surface area contributed by atoms with E-state index >= 15 is 0 Å². The summed E-state index contributed by atoms with van der Waals surface area (Å²) in [6.45, 7) is 6.64. The molecular formula is C10H12NO2-. The van der Waals surface area contributed by atoms with Crippen molar-refractivity contribution in [2.24, 2.45) is 4.99 Å². The number of carbonyl (C=O) groups is 1. The molecule has 70 valence electrons. The van der Waals surface area contributed by atoms with Gasteiger partial charge in [0.15, 0.2) is 0 Å². The molecule has 0 saturated heterocycles. The fourth-order valence-electron chi connectivity index (χ4n) is 0.501. The largest absolute Gasteiger partial charge is 0.437 e. The molecule has 0 unspecified atom stereocenters. The number of amides is 1. The molecule has 0 aromatic heterocycles. The van der Waals surface area contributed by atoms with Gasteiger partial charge in [-0.25, -0.2) is 4.79 Å². The van der Waals surface area contributed by atoms with Crippen molar-refractivity contribution in [2.45, 2.75) is 27.7 Å². The fraction of sp³-hybridized carbons (Fsp3) is 0.400. The van der Waals surface area contributed by atoms with E-state index in [1.807, 2.05) is 0 Å². The minimum Gasteiger partial charge on any atom is -0.432 e. The highest BCUT2D eigenvalue weighted by atomic mass is 16.6. The standard InChI is InChI=1S/C10H12NO2/c1-6-8(4)9(5)13-10(12)11-7(2)3/h2-5H3/q-1/b9-8-. The predicted molar refractivity (Wildman–Crippen MR) is 50.8 cm³/mol. The Hall–Kier alpha value is -1.56. The van der Waals surface area contributed by atoms with Gasteiger partial charge < -0.3 is 11.2 Å². The summed E-state index contributed by atoms with van der Waals surface area (Å²) in [6.07, 6.45) is 6.13. The van der Waals surface area contributed by atoms with Gasteiger partial charge in [0, 0.05) is 11.5 Å². The number of carbonyl (C=O) groups excluding carboxylic acids is 1. The third-order valence-corrected chi connectivity index (χ3v) is 1.27. The third kappa shape index (κ3) is 4.81. The summed E-state index contributed by atoms with van der Waals surface area (Å²) in [4.78, 5) is 14.5. The molecule has 0 aromatic carbocycles. The summed E-state index contributed by atoms with van der Waals surface area (Å²) in [5.41, 5.74) is 1.12. The maximum Gasteiger partial charge on any atom is 0.437 e. The van der Waals surface area contributed by atoms with Crippen LogP contribution in [0.5, 0.6) is 0 Å². The monoisotopic (exact) mass is 178 g/mol. The Morgan fingerprint density at radius 1 is 1.31 bits per heavy atom. The Kier molecular flexibility index (Phi) is 4.53. The second-order valence-corrected chi connectivity index (χ2v) is 2.73. The van der Waals surface area contributed by atoms with Crippen LogP contribution in [-0.2, 0) is 4.74 Å². The number of hydrogen-bond donors (Lipinski definition) is 0. The number of aliphatic imine (C=N–C) groups is 1. The van der Waals surface area contributed by atoms with Gasteiger partial charge in [-0.1, -0.05) is 6.92 Å². The summed E-state index contributed by atoms with van der Waals surface area (Å²) >= 11 is 0. The first-order valence-corrected chi connectivity index (χ1v) is 3.81. The Bertz CT molecular complexity index is 301. The van der Waals surface area contributed by atoms with Crippen LogP contribution in [0, 0.1) is 12.3 Å². The van der Waals surface area contributed by atoms with E-state index in [1.165, 1.54) is 0 Å². The molecule has 0 N–H and O–H groups in total. The molecule has 0 saturated carbocycles. The van der Waals surface area contributed by atoms with Crippen LogP contribution in [0.4, 0.5) is 4.79 Å². The van der Waals surface area contributed by atoms with Crippen molar-refractivity contribution in [1.29, 1.82) is 0 Å². The van der Waals surface area contributed by atoms with E-state index in [4.69, 9.17) is 11.2 Å². The summed E-state index contributed by atoms with van der Waals surface area (Å²) in [5.74, 6) is 2.48. The highest BCUT2D eigenvalue weighted by molar-refractivity contribution is 5.90. The molecular weight excluding hydrogens is 166 g/mol. The van der Waals surface area contributed by atoms with Gasteiger partial charge in [0.05, 0.1) is 0 Å². The number of rotatable bonds is 1. The second kappa shape index (κ2) is 5.15. The van der Waals surface area contributed by atoms with E-state index in [0.717, 1.165) is 0 Å². The first-order valence-electron chi connectivity index (χ1n) is 3.81. The van der Waals surface area contributed by atoms with Gasteiger partial charge in [-0.15, -0.1) is 5.57 Å². The SMILES string of the molecule is [C-]#C/C(C)=C(/C)OC(=O)N=C(C)C. The molecule has 0 heterocycles. The Morgan fingerprint density at radius 2 is 1.85 bits per heavy atom. The summed E-state index contributed by atoms with van der Waals surface area (Å²) in [7, 11) is 0. The maximum absolute atomic E-state index is 11.0. The molecule has 0 aliphatic carbocycles. The van der Waals surface area contributed by atoms with E-state index in [1.54, 1.807) is 27.7 Å². The van der Waals surface area contributed by atoms with Crippen LogP contribution >= 0.6 is 0 Å². The van der Waals surface area contributed by atoms with Crippen LogP contribution in [0.2, 0.25) is 0 Å². The van der Waals surface area contributed by atoms with Crippen molar-refractivity contribution >= 4 is 11.8 Å². The number of nitrogens with zero attached hydrogens (tertiary/aromatic N) is 1. The van der Waals surface area contributed by atoms with Gasteiger partial charge in [0.1, 0.15) is 0 Å². The zero-order valence-corrected chi connectivity index (χ0v) is 8.26. The first kappa shape index (κ1) is 11.4. The van der Waals surface area contributed by atoms with Crippen LogP contribution in [0.3, 0.4) is 0 Å². The molecule has 0 fully saturated rings. The lowest BCUT2D eigenvalue weighted by Crippen LogP contribution is -2.00. The number of hydrogen-bond acceptors (Lipinski definition) is 2. The third-order valence-electron chi connectivity index (χ3n) is 1.27.